The van der Waals surface area contributed by atoms with Crippen LogP contribution >= 0.6 is 15.6 Å². The van der Waals surface area contributed by atoms with E-state index >= 15 is 0 Å². The molecule has 6 atom stereocenters. The second-order valence-electron chi connectivity index (χ2n) is 29.5. The van der Waals surface area contributed by atoms with E-state index in [0.29, 0.717) is 25.7 Å². The number of phosphoric ester groups is 2. The summed E-state index contributed by atoms with van der Waals surface area (Å²) in [5, 5.41) is 10.6. The minimum Gasteiger partial charge on any atom is -0.462 e. The Labute approximate surface area is 607 Å². The van der Waals surface area contributed by atoms with E-state index in [1.54, 1.807) is 0 Å². The number of carbonyl (C=O) groups is 4. The topological polar surface area (TPSA) is 237 Å². The van der Waals surface area contributed by atoms with Crippen molar-refractivity contribution in [3.63, 3.8) is 0 Å². The first-order chi connectivity index (χ1) is 47.9. The molecular weight excluding hydrogens is 1290 g/mol. The minimum absolute atomic E-state index is 0.107. The summed E-state index contributed by atoms with van der Waals surface area (Å²) >= 11 is 0. The van der Waals surface area contributed by atoms with Crippen molar-refractivity contribution in [1.82, 2.24) is 0 Å². The number of aliphatic hydroxyl groups is 1. The highest BCUT2D eigenvalue weighted by Crippen LogP contribution is 2.45. The van der Waals surface area contributed by atoms with Gasteiger partial charge in [0, 0.05) is 25.7 Å². The summed E-state index contributed by atoms with van der Waals surface area (Å²) in [6.07, 6.45) is 61.0. The zero-order valence-corrected chi connectivity index (χ0v) is 66.6. The van der Waals surface area contributed by atoms with Gasteiger partial charge in [-0.05, 0) is 37.5 Å². The van der Waals surface area contributed by atoms with Crippen molar-refractivity contribution in [2.45, 2.75) is 439 Å². The van der Waals surface area contributed by atoms with E-state index in [4.69, 9.17) is 37.0 Å². The summed E-state index contributed by atoms with van der Waals surface area (Å²) in [4.78, 5) is 73.0. The largest absolute Gasteiger partial charge is 0.472 e. The van der Waals surface area contributed by atoms with Gasteiger partial charge in [0.2, 0.25) is 0 Å². The SMILES string of the molecule is CCCCCCCCCCCCCCCCCCCCCC(=O)O[C@H](COC(=O)CCCCCCCCCCCCCCC(C)C)COP(=O)(O)OC[C@@H](O)COP(=O)(O)OC[C@@H](COC(=O)CCCCCCCCC(C)CC)OC(=O)CCCCCCCCCCCCCCCCC. The number of phosphoric acid groups is 2. The third kappa shape index (κ3) is 72.8. The summed E-state index contributed by atoms with van der Waals surface area (Å²) < 4.78 is 68.7. The number of ether oxygens (including phenoxy) is 4. The van der Waals surface area contributed by atoms with Crippen LogP contribution in [0.3, 0.4) is 0 Å². The lowest BCUT2D eigenvalue weighted by Gasteiger charge is -2.21. The van der Waals surface area contributed by atoms with Crippen LogP contribution in [0.2, 0.25) is 0 Å². The van der Waals surface area contributed by atoms with Gasteiger partial charge in [0.05, 0.1) is 26.4 Å². The molecule has 0 saturated heterocycles. The zero-order chi connectivity index (χ0) is 72.8. The normalized spacial score (nSPS) is 14.2. The van der Waals surface area contributed by atoms with Crippen LogP contribution in [-0.4, -0.2) is 96.7 Å². The van der Waals surface area contributed by atoms with Crippen molar-refractivity contribution < 1.29 is 80.2 Å². The molecule has 588 valence electrons. The van der Waals surface area contributed by atoms with Gasteiger partial charge in [-0.2, -0.15) is 0 Å². The van der Waals surface area contributed by atoms with E-state index in [2.05, 4.69) is 41.5 Å². The molecule has 0 aliphatic rings. The number of rotatable bonds is 79. The number of hydrogen-bond acceptors (Lipinski definition) is 15. The first-order valence-corrected chi connectivity index (χ1v) is 44.5. The number of hydrogen-bond donors (Lipinski definition) is 3. The molecule has 0 aromatic rings. The van der Waals surface area contributed by atoms with Gasteiger partial charge in [-0.1, -0.05) is 369 Å². The van der Waals surface area contributed by atoms with Crippen molar-refractivity contribution >= 4 is 39.5 Å². The molecule has 0 rings (SSSR count). The fraction of sp³-hybridized carbons (Fsp3) is 0.950. The second kappa shape index (κ2) is 71.7. The maximum Gasteiger partial charge on any atom is 0.472 e. The van der Waals surface area contributed by atoms with Crippen LogP contribution < -0.4 is 0 Å². The Balaban J connectivity index is 5.24. The van der Waals surface area contributed by atoms with Gasteiger partial charge in [-0.3, -0.25) is 37.3 Å². The fourth-order valence-corrected chi connectivity index (χ4v) is 13.9. The Morgan fingerprint density at radius 1 is 0.293 bits per heavy atom. The Kier molecular flexibility index (Phi) is 70.3. The number of carbonyl (C=O) groups excluding carboxylic acids is 4. The van der Waals surface area contributed by atoms with Crippen LogP contribution in [0.4, 0.5) is 0 Å². The predicted octanol–water partition coefficient (Wildman–Crippen LogP) is 23.9. The van der Waals surface area contributed by atoms with Crippen LogP contribution in [0.25, 0.3) is 0 Å². The molecule has 3 unspecified atom stereocenters. The van der Waals surface area contributed by atoms with Gasteiger partial charge in [0.1, 0.15) is 19.3 Å². The molecule has 0 amide bonds. The van der Waals surface area contributed by atoms with Gasteiger partial charge in [0.15, 0.2) is 12.2 Å². The van der Waals surface area contributed by atoms with Crippen LogP contribution in [0, 0.1) is 11.8 Å². The van der Waals surface area contributed by atoms with Crippen molar-refractivity contribution in [3.05, 3.63) is 0 Å². The monoisotopic (exact) mass is 1450 g/mol. The maximum absolute atomic E-state index is 13.1. The third-order valence-electron chi connectivity index (χ3n) is 19.1. The molecule has 3 N–H and O–H groups in total. The fourth-order valence-electron chi connectivity index (χ4n) is 12.3. The van der Waals surface area contributed by atoms with Crippen molar-refractivity contribution in [2.75, 3.05) is 39.6 Å². The summed E-state index contributed by atoms with van der Waals surface area (Å²) in [5.41, 5.74) is 0. The molecule has 0 aromatic heterocycles. The molecule has 0 radical (unpaired) electrons. The Morgan fingerprint density at radius 3 is 0.768 bits per heavy atom. The highest BCUT2D eigenvalue weighted by Gasteiger charge is 2.30. The molecule has 0 fully saturated rings. The smallest absolute Gasteiger partial charge is 0.462 e. The van der Waals surface area contributed by atoms with Crippen LogP contribution in [0.1, 0.15) is 420 Å². The molecule has 0 spiro atoms. The van der Waals surface area contributed by atoms with Crippen molar-refractivity contribution in [3.8, 4) is 0 Å². The average Bonchev–Trinajstić information content (AvgIpc) is 2.25. The maximum atomic E-state index is 13.1. The van der Waals surface area contributed by atoms with Gasteiger partial charge < -0.3 is 33.8 Å². The zero-order valence-electron chi connectivity index (χ0n) is 64.8. The first-order valence-electron chi connectivity index (χ1n) is 41.5. The van der Waals surface area contributed by atoms with E-state index < -0.39 is 97.5 Å². The van der Waals surface area contributed by atoms with Gasteiger partial charge in [-0.15, -0.1) is 0 Å². The van der Waals surface area contributed by atoms with E-state index in [1.165, 1.54) is 231 Å². The molecule has 17 nitrogen and oxygen atoms in total. The molecule has 0 aliphatic carbocycles. The number of aliphatic hydroxyl groups excluding tert-OH is 1. The second-order valence-corrected chi connectivity index (χ2v) is 32.4. The van der Waals surface area contributed by atoms with Crippen LogP contribution in [0.5, 0.6) is 0 Å². The quantitative estimate of drug-likeness (QED) is 0.0222. The molecule has 0 bridgehead atoms. The molecule has 19 heteroatoms. The van der Waals surface area contributed by atoms with Gasteiger partial charge in [-0.25, -0.2) is 9.13 Å². The minimum atomic E-state index is -4.96. The Bertz CT molecular complexity index is 1910. The molecule has 0 heterocycles. The average molecular weight is 1450 g/mol. The summed E-state index contributed by atoms with van der Waals surface area (Å²) in [6, 6.07) is 0. The lowest BCUT2D eigenvalue weighted by atomic mass is 10.00. The van der Waals surface area contributed by atoms with Gasteiger partial charge in [0.25, 0.3) is 0 Å². The van der Waals surface area contributed by atoms with Crippen molar-refractivity contribution in [1.29, 1.82) is 0 Å². The lowest BCUT2D eigenvalue weighted by Crippen LogP contribution is -2.30. The highest BCUT2D eigenvalue weighted by atomic mass is 31.2. The molecular formula is C80H156O17P2. The van der Waals surface area contributed by atoms with E-state index in [-0.39, 0.29) is 25.7 Å². The molecule has 0 aromatic carbocycles. The van der Waals surface area contributed by atoms with Crippen LogP contribution in [-0.2, 0) is 65.4 Å². The van der Waals surface area contributed by atoms with E-state index in [0.717, 1.165) is 108 Å². The summed E-state index contributed by atoms with van der Waals surface area (Å²) in [6.45, 7) is 9.61. The Hall–Kier alpha value is -1.94. The summed E-state index contributed by atoms with van der Waals surface area (Å²) in [7, 11) is -9.92. The number of unbranched alkanes of at least 4 members (excludes halogenated alkanes) is 48. The standard InChI is InChI=1S/C80H156O17P2/c1-7-10-12-14-16-18-20-22-24-25-26-27-29-31-37-41-45-53-59-64-79(84)96-75(68-90-77(82)62-56-50-43-39-35-33-32-34-38-42-48-54-60-72(4)5)70-94-98(86,87)92-66-74(81)67-93-99(88,89)95-71-76(69-91-78(83)63-57-51-47-46-49-55-61-73(6)9-3)97-80(85)65-58-52-44-40-36-30-28-23-21-19-17-15-13-11-8-2/h72-76,81H,7-71H2,1-6H3,(H,86,87)(H,88,89)/t73?,74-,75-,76-/m1/s1. The molecule has 99 heavy (non-hydrogen) atoms. The lowest BCUT2D eigenvalue weighted by molar-refractivity contribution is -0.161. The van der Waals surface area contributed by atoms with Crippen molar-refractivity contribution in [2.24, 2.45) is 11.8 Å². The van der Waals surface area contributed by atoms with Gasteiger partial charge >= 0.3 is 39.5 Å². The van der Waals surface area contributed by atoms with E-state index in [9.17, 15) is 43.2 Å². The first kappa shape index (κ1) is 97.1. The molecule has 0 aliphatic heterocycles. The Morgan fingerprint density at radius 2 is 0.515 bits per heavy atom. The molecule has 0 saturated carbocycles. The van der Waals surface area contributed by atoms with Crippen LogP contribution in [0.15, 0.2) is 0 Å². The summed E-state index contributed by atoms with van der Waals surface area (Å²) in [5.74, 6) is -0.597. The number of esters is 4. The third-order valence-corrected chi connectivity index (χ3v) is 21.0. The predicted molar refractivity (Wildman–Crippen MR) is 405 cm³/mol. The van der Waals surface area contributed by atoms with E-state index in [1.807, 2.05) is 0 Å². The highest BCUT2D eigenvalue weighted by molar-refractivity contribution is 7.47.